The van der Waals surface area contributed by atoms with Crippen LogP contribution < -0.4 is 10.6 Å². The van der Waals surface area contributed by atoms with E-state index in [4.69, 9.17) is 0 Å². The van der Waals surface area contributed by atoms with Crippen LogP contribution in [0, 0.1) is 20.2 Å². The molecule has 0 fully saturated rings. The van der Waals surface area contributed by atoms with Crippen LogP contribution in [0.15, 0.2) is 42.5 Å². The summed E-state index contributed by atoms with van der Waals surface area (Å²) in [5.41, 5.74) is -1.01. The minimum absolute atomic E-state index is 0.190. The number of carbonyl (C=O) groups is 2. The van der Waals surface area contributed by atoms with E-state index in [1.165, 1.54) is 12.1 Å². The number of nitro benzene ring substituents is 2. The second-order valence-corrected chi connectivity index (χ2v) is 5.86. The van der Waals surface area contributed by atoms with Crippen molar-refractivity contribution in [2.75, 3.05) is 11.9 Å². The molecule has 0 saturated heterocycles. The van der Waals surface area contributed by atoms with Crippen molar-refractivity contribution in [3.05, 3.63) is 73.8 Å². The Balaban J connectivity index is 2.29. The zero-order valence-corrected chi connectivity index (χ0v) is 15.0. The number of anilines is 1. The number of nitrogens with zero attached hydrogens (tertiary/aromatic N) is 2. The summed E-state index contributed by atoms with van der Waals surface area (Å²) in [5.74, 6) is -1.19. The molecule has 0 spiro atoms. The first-order valence-electron chi connectivity index (χ1n) is 8.46. The Kier molecular flexibility index (Phi) is 6.74. The number of rotatable bonds is 8. The van der Waals surface area contributed by atoms with Crippen LogP contribution in [0.5, 0.6) is 0 Å². The number of non-ortho nitro benzene ring substituents is 2. The van der Waals surface area contributed by atoms with Gasteiger partial charge in [0.05, 0.1) is 32.7 Å². The van der Waals surface area contributed by atoms with Gasteiger partial charge in [-0.2, -0.15) is 0 Å². The molecule has 0 bridgehead atoms. The van der Waals surface area contributed by atoms with Crippen molar-refractivity contribution in [1.82, 2.24) is 5.32 Å². The molecule has 0 aliphatic carbocycles. The molecule has 0 aliphatic rings. The molecule has 2 rings (SSSR count). The van der Waals surface area contributed by atoms with Crippen LogP contribution in [0.2, 0.25) is 0 Å². The van der Waals surface area contributed by atoms with Crippen molar-refractivity contribution >= 4 is 28.9 Å². The second kappa shape index (κ2) is 9.21. The van der Waals surface area contributed by atoms with Crippen molar-refractivity contribution in [3.8, 4) is 0 Å². The summed E-state index contributed by atoms with van der Waals surface area (Å²) in [6.45, 7) is 2.47. The highest BCUT2D eigenvalue weighted by Gasteiger charge is 2.21. The van der Waals surface area contributed by atoms with Gasteiger partial charge in [0.1, 0.15) is 0 Å². The maximum absolute atomic E-state index is 12.5. The van der Waals surface area contributed by atoms with Gasteiger partial charge in [0, 0.05) is 18.7 Å². The largest absolute Gasteiger partial charge is 0.352 e. The maximum Gasteiger partial charge on any atom is 0.277 e. The number of benzene rings is 2. The molecule has 2 N–H and O–H groups in total. The summed E-state index contributed by atoms with van der Waals surface area (Å²) in [6, 6.07) is 8.90. The number of amides is 2. The third-order valence-electron chi connectivity index (χ3n) is 3.82. The van der Waals surface area contributed by atoms with Crippen LogP contribution in [-0.2, 0) is 0 Å². The van der Waals surface area contributed by atoms with Crippen LogP contribution in [0.25, 0.3) is 0 Å². The third kappa shape index (κ3) is 5.10. The molecule has 0 aromatic heterocycles. The number of carbonyl (C=O) groups excluding carboxylic acids is 2. The molecule has 2 aromatic carbocycles. The number of hydrogen-bond donors (Lipinski definition) is 2. The molecular formula is C18H18N4O6. The molecule has 28 heavy (non-hydrogen) atoms. The van der Waals surface area contributed by atoms with Gasteiger partial charge in [-0.1, -0.05) is 25.5 Å². The lowest BCUT2D eigenvalue weighted by Crippen LogP contribution is -2.26. The molecule has 0 unspecified atom stereocenters. The monoisotopic (exact) mass is 386 g/mol. The third-order valence-corrected chi connectivity index (χ3v) is 3.82. The number of nitrogens with one attached hydrogen (secondary N) is 2. The molecule has 0 heterocycles. The minimum atomic E-state index is -0.821. The Morgan fingerprint density at radius 1 is 0.964 bits per heavy atom. The van der Waals surface area contributed by atoms with Crippen LogP contribution in [0.1, 0.15) is 40.5 Å². The Morgan fingerprint density at radius 3 is 2.14 bits per heavy atom. The summed E-state index contributed by atoms with van der Waals surface area (Å²) in [4.78, 5) is 45.1. The van der Waals surface area contributed by atoms with Gasteiger partial charge >= 0.3 is 0 Å². The highest BCUT2D eigenvalue weighted by molar-refractivity contribution is 6.09. The summed E-state index contributed by atoms with van der Waals surface area (Å²) in [7, 11) is 0. The van der Waals surface area contributed by atoms with Gasteiger partial charge in [-0.25, -0.2) is 0 Å². The number of para-hydroxylation sites is 1. The fraction of sp³-hybridized carbons (Fsp3) is 0.222. The van der Waals surface area contributed by atoms with E-state index in [-0.39, 0.29) is 22.7 Å². The Bertz CT molecular complexity index is 896. The Morgan fingerprint density at radius 2 is 1.57 bits per heavy atom. The second-order valence-electron chi connectivity index (χ2n) is 5.86. The number of hydrogen-bond acceptors (Lipinski definition) is 6. The van der Waals surface area contributed by atoms with Gasteiger partial charge in [-0.3, -0.25) is 29.8 Å². The maximum atomic E-state index is 12.5. The van der Waals surface area contributed by atoms with E-state index in [0.29, 0.717) is 6.54 Å². The van der Waals surface area contributed by atoms with E-state index in [2.05, 4.69) is 10.6 Å². The van der Waals surface area contributed by atoms with E-state index >= 15 is 0 Å². The molecule has 2 amide bonds. The number of unbranched alkanes of at least 4 members (excludes halogenated alkanes) is 1. The lowest BCUT2D eigenvalue weighted by atomic mass is 10.1. The van der Waals surface area contributed by atoms with Crippen LogP contribution >= 0.6 is 0 Å². The van der Waals surface area contributed by atoms with E-state index in [0.717, 1.165) is 31.0 Å². The van der Waals surface area contributed by atoms with Crippen molar-refractivity contribution in [2.24, 2.45) is 0 Å². The summed E-state index contributed by atoms with van der Waals surface area (Å²) in [5, 5.41) is 27.2. The van der Waals surface area contributed by atoms with Crippen LogP contribution in [-0.4, -0.2) is 28.2 Å². The average molecular weight is 386 g/mol. The topological polar surface area (TPSA) is 144 Å². The Labute approximate surface area is 159 Å². The first-order valence-corrected chi connectivity index (χ1v) is 8.46. The first-order chi connectivity index (χ1) is 13.3. The smallest absolute Gasteiger partial charge is 0.277 e. The molecule has 0 radical (unpaired) electrons. The fourth-order valence-corrected chi connectivity index (χ4v) is 2.40. The highest BCUT2D eigenvalue weighted by atomic mass is 16.6. The van der Waals surface area contributed by atoms with Crippen molar-refractivity contribution < 1.29 is 19.4 Å². The molecule has 0 saturated carbocycles. The van der Waals surface area contributed by atoms with Gasteiger partial charge in [0.15, 0.2) is 0 Å². The van der Waals surface area contributed by atoms with E-state index in [1.807, 2.05) is 6.92 Å². The Hall–Kier alpha value is -3.82. The molecular weight excluding hydrogens is 368 g/mol. The van der Waals surface area contributed by atoms with Crippen LogP contribution in [0.3, 0.4) is 0 Å². The summed E-state index contributed by atoms with van der Waals surface area (Å²) < 4.78 is 0. The average Bonchev–Trinajstić information content (AvgIpc) is 2.68. The minimum Gasteiger partial charge on any atom is -0.352 e. The predicted molar refractivity (Wildman–Crippen MR) is 101 cm³/mol. The van der Waals surface area contributed by atoms with Crippen molar-refractivity contribution in [1.29, 1.82) is 0 Å². The molecule has 2 aromatic rings. The number of nitro groups is 2. The normalized spacial score (nSPS) is 10.2. The molecule has 146 valence electrons. The zero-order valence-electron chi connectivity index (χ0n) is 15.0. The lowest BCUT2D eigenvalue weighted by Gasteiger charge is -2.11. The van der Waals surface area contributed by atoms with Gasteiger partial charge in [0.2, 0.25) is 0 Å². The fourth-order valence-electron chi connectivity index (χ4n) is 2.40. The van der Waals surface area contributed by atoms with Gasteiger partial charge in [0.25, 0.3) is 23.2 Å². The van der Waals surface area contributed by atoms with E-state index in [1.54, 1.807) is 12.1 Å². The molecule has 10 nitrogen and oxygen atoms in total. The van der Waals surface area contributed by atoms with Gasteiger partial charge in [-0.15, -0.1) is 0 Å². The van der Waals surface area contributed by atoms with Gasteiger partial charge < -0.3 is 10.6 Å². The zero-order chi connectivity index (χ0) is 20.7. The lowest BCUT2D eigenvalue weighted by molar-refractivity contribution is -0.394. The highest BCUT2D eigenvalue weighted by Crippen LogP contribution is 2.24. The SMILES string of the molecule is CCCCNC(=O)c1ccccc1NC(=O)c1cc([N+](=O)[O-])cc([N+](=O)[O-])c1. The van der Waals surface area contributed by atoms with E-state index < -0.39 is 27.1 Å². The quantitative estimate of drug-likeness (QED) is 0.404. The van der Waals surface area contributed by atoms with Crippen molar-refractivity contribution in [3.63, 3.8) is 0 Å². The standard InChI is InChI=1S/C18H18N4O6/c1-2-3-8-19-18(24)15-6-4-5-7-16(15)20-17(23)12-9-13(21(25)26)11-14(10-12)22(27)28/h4-7,9-11H,2-3,8H2,1H3,(H,19,24)(H,20,23). The van der Waals surface area contributed by atoms with Crippen molar-refractivity contribution in [2.45, 2.75) is 19.8 Å². The molecule has 0 atom stereocenters. The van der Waals surface area contributed by atoms with E-state index in [9.17, 15) is 29.8 Å². The summed E-state index contributed by atoms with van der Waals surface area (Å²) in [6.07, 6.45) is 1.71. The summed E-state index contributed by atoms with van der Waals surface area (Å²) >= 11 is 0. The molecule has 0 aliphatic heterocycles. The van der Waals surface area contributed by atoms with Gasteiger partial charge in [-0.05, 0) is 18.6 Å². The molecule has 10 heteroatoms. The predicted octanol–water partition coefficient (Wildman–Crippen LogP) is 3.29. The first kappa shape index (κ1) is 20.5. The van der Waals surface area contributed by atoms with Crippen LogP contribution in [0.4, 0.5) is 17.1 Å².